The van der Waals surface area contributed by atoms with Crippen LogP contribution in [0.3, 0.4) is 0 Å². The largest absolute Gasteiger partial charge is 0.366 e. The van der Waals surface area contributed by atoms with E-state index in [0.29, 0.717) is 16.4 Å². The van der Waals surface area contributed by atoms with Crippen molar-refractivity contribution in [2.45, 2.75) is 33.1 Å². The second kappa shape index (κ2) is 7.96. The van der Waals surface area contributed by atoms with Crippen LogP contribution in [0.1, 0.15) is 40.7 Å². The molecular formula is C20H22ClN3O3. The van der Waals surface area contributed by atoms with Gasteiger partial charge in [0, 0.05) is 24.7 Å². The summed E-state index contributed by atoms with van der Waals surface area (Å²) in [5, 5.41) is 14.8. The number of nitrogens with zero attached hydrogens (tertiary/aromatic N) is 2. The highest BCUT2D eigenvalue weighted by Crippen LogP contribution is 2.32. The first-order chi connectivity index (χ1) is 12.9. The summed E-state index contributed by atoms with van der Waals surface area (Å²) in [5.41, 5.74) is 3.12. The molecule has 3 rings (SSSR count). The summed E-state index contributed by atoms with van der Waals surface area (Å²) < 4.78 is 0. The van der Waals surface area contributed by atoms with E-state index in [9.17, 15) is 14.9 Å². The number of nitrogens with one attached hydrogen (secondary N) is 1. The van der Waals surface area contributed by atoms with Gasteiger partial charge in [-0.15, -0.1) is 0 Å². The van der Waals surface area contributed by atoms with Crippen LogP contribution in [0.5, 0.6) is 0 Å². The van der Waals surface area contributed by atoms with E-state index >= 15 is 0 Å². The number of benzene rings is 2. The number of carbonyl (C=O) groups excluding carboxylic acids is 1. The Morgan fingerprint density at radius 2 is 1.85 bits per heavy atom. The van der Waals surface area contributed by atoms with Crippen molar-refractivity contribution in [3.05, 3.63) is 62.2 Å². The Labute approximate surface area is 163 Å². The average Bonchev–Trinajstić information content (AvgIpc) is 2.64. The number of hydrogen-bond acceptors (Lipinski definition) is 4. The molecule has 0 aromatic heterocycles. The van der Waals surface area contributed by atoms with E-state index in [1.165, 1.54) is 6.07 Å². The third-order valence-electron chi connectivity index (χ3n) is 4.80. The SMILES string of the molecule is Cc1cc(C)c(NC(=O)c2ccc(N3CCCCC3)c([N+](=O)[O-])c2)c(Cl)c1. The second-order valence-electron chi connectivity index (χ2n) is 6.90. The standard InChI is InChI=1S/C20H22ClN3O3/c1-13-10-14(2)19(16(21)11-13)22-20(25)15-6-7-17(18(12-15)24(26)27)23-8-4-3-5-9-23/h6-7,10-12H,3-5,8-9H2,1-2H3,(H,22,25). The zero-order chi connectivity index (χ0) is 19.6. The lowest BCUT2D eigenvalue weighted by Gasteiger charge is -2.28. The number of anilines is 2. The minimum absolute atomic E-state index is 0.0451. The van der Waals surface area contributed by atoms with Gasteiger partial charge in [-0.1, -0.05) is 17.7 Å². The summed E-state index contributed by atoms with van der Waals surface area (Å²) in [6.45, 7) is 5.37. The van der Waals surface area contributed by atoms with Gasteiger partial charge in [0.25, 0.3) is 11.6 Å². The minimum Gasteiger partial charge on any atom is -0.366 e. The summed E-state index contributed by atoms with van der Waals surface area (Å²) in [6.07, 6.45) is 3.18. The van der Waals surface area contributed by atoms with E-state index < -0.39 is 10.8 Å². The van der Waals surface area contributed by atoms with Crippen LogP contribution in [0.25, 0.3) is 0 Å². The number of piperidine rings is 1. The molecule has 6 nitrogen and oxygen atoms in total. The van der Waals surface area contributed by atoms with Crippen LogP contribution in [0.2, 0.25) is 5.02 Å². The maximum Gasteiger partial charge on any atom is 0.293 e. The van der Waals surface area contributed by atoms with Crippen molar-refractivity contribution in [2.24, 2.45) is 0 Å². The Morgan fingerprint density at radius 3 is 2.48 bits per heavy atom. The molecule has 0 unspecified atom stereocenters. The Balaban J connectivity index is 1.89. The van der Waals surface area contributed by atoms with Crippen molar-refractivity contribution < 1.29 is 9.72 Å². The topological polar surface area (TPSA) is 75.5 Å². The monoisotopic (exact) mass is 387 g/mol. The highest BCUT2D eigenvalue weighted by Gasteiger charge is 2.23. The third-order valence-corrected chi connectivity index (χ3v) is 5.10. The average molecular weight is 388 g/mol. The quantitative estimate of drug-likeness (QED) is 0.584. The van der Waals surface area contributed by atoms with Crippen LogP contribution >= 0.6 is 11.6 Å². The molecule has 1 aliphatic heterocycles. The smallest absolute Gasteiger partial charge is 0.293 e. The van der Waals surface area contributed by atoms with Crippen molar-refractivity contribution in [3.8, 4) is 0 Å². The van der Waals surface area contributed by atoms with Crippen LogP contribution in [-0.2, 0) is 0 Å². The van der Waals surface area contributed by atoms with Crippen molar-refractivity contribution in [1.29, 1.82) is 0 Å². The summed E-state index contributed by atoms with van der Waals surface area (Å²) >= 11 is 6.25. The molecule has 7 heteroatoms. The van der Waals surface area contributed by atoms with Crippen LogP contribution in [-0.4, -0.2) is 23.9 Å². The van der Waals surface area contributed by atoms with Gasteiger partial charge in [-0.25, -0.2) is 0 Å². The predicted molar refractivity (Wildman–Crippen MR) is 108 cm³/mol. The molecular weight excluding hydrogens is 366 g/mol. The Bertz CT molecular complexity index is 869. The third kappa shape index (κ3) is 4.22. The van der Waals surface area contributed by atoms with Gasteiger partial charge in [-0.2, -0.15) is 0 Å². The van der Waals surface area contributed by atoms with Gasteiger partial charge in [0.15, 0.2) is 0 Å². The predicted octanol–water partition coefficient (Wildman–Crippen LogP) is 5.11. The Morgan fingerprint density at radius 1 is 1.15 bits per heavy atom. The van der Waals surface area contributed by atoms with Crippen LogP contribution in [0.4, 0.5) is 17.1 Å². The summed E-state index contributed by atoms with van der Waals surface area (Å²) in [7, 11) is 0. The molecule has 1 fully saturated rings. The van der Waals surface area contributed by atoms with Gasteiger partial charge in [0.1, 0.15) is 5.69 Å². The van der Waals surface area contributed by atoms with Crippen molar-refractivity contribution in [3.63, 3.8) is 0 Å². The molecule has 1 amide bonds. The summed E-state index contributed by atoms with van der Waals surface area (Å²) in [4.78, 5) is 25.8. The Kier molecular flexibility index (Phi) is 5.65. The fourth-order valence-electron chi connectivity index (χ4n) is 3.47. The first-order valence-electron chi connectivity index (χ1n) is 8.98. The number of carbonyl (C=O) groups is 1. The molecule has 2 aromatic rings. The molecule has 0 spiro atoms. The lowest BCUT2D eigenvalue weighted by Crippen LogP contribution is -2.30. The van der Waals surface area contributed by atoms with E-state index in [0.717, 1.165) is 43.5 Å². The zero-order valence-electron chi connectivity index (χ0n) is 15.4. The van der Waals surface area contributed by atoms with E-state index in [1.807, 2.05) is 24.8 Å². The Hall–Kier alpha value is -2.60. The molecule has 0 aliphatic carbocycles. The number of halogens is 1. The number of nitro groups is 1. The van der Waals surface area contributed by atoms with Gasteiger partial charge in [-0.3, -0.25) is 14.9 Å². The maximum atomic E-state index is 12.7. The van der Waals surface area contributed by atoms with E-state index in [4.69, 9.17) is 11.6 Å². The van der Waals surface area contributed by atoms with Crippen LogP contribution < -0.4 is 10.2 Å². The van der Waals surface area contributed by atoms with E-state index in [1.54, 1.807) is 18.2 Å². The lowest BCUT2D eigenvalue weighted by molar-refractivity contribution is -0.384. The van der Waals surface area contributed by atoms with Gasteiger partial charge < -0.3 is 10.2 Å². The van der Waals surface area contributed by atoms with Crippen LogP contribution in [0, 0.1) is 24.0 Å². The van der Waals surface area contributed by atoms with Crippen molar-refractivity contribution in [2.75, 3.05) is 23.3 Å². The first kappa shape index (κ1) is 19.2. The normalized spacial score (nSPS) is 14.1. The number of rotatable bonds is 4. The van der Waals surface area contributed by atoms with Gasteiger partial charge in [-0.05, 0) is 62.4 Å². The highest BCUT2D eigenvalue weighted by molar-refractivity contribution is 6.34. The molecule has 0 atom stereocenters. The molecule has 1 saturated heterocycles. The summed E-state index contributed by atoms with van der Waals surface area (Å²) in [6, 6.07) is 8.33. The first-order valence-corrected chi connectivity index (χ1v) is 9.36. The van der Waals surface area contributed by atoms with Crippen molar-refractivity contribution in [1.82, 2.24) is 0 Å². The van der Waals surface area contributed by atoms with Gasteiger partial charge >= 0.3 is 0 Å². The maximum absolute atomic E-state index is 12.7. The molecule has 1 aliphatic rings. The van der Waals surface area contributed by atoms with Gasteiger partial charge in [0.05, 0.1) is 15.6 Å². The fourth-order valence-corrected chi connectivity index (χ4v) is 3.84. The molecule has 142 valence electrons. The van der Waals surface area contributed by atoms with Gasteiger partial charge in [0.2, 0.25) is 0 Å². The molecule has 0 radical (unpaired) electrons. The fraction of sp³-hybridized carbons (Fsp3) is 0.350. The van der Waals surface area contributed by atoms with E-state index in [2.05, 4.69) is 5.32 Å². The lowest BCUT2D eigenvalue weighted by atomic mass is 10.1. The zero-order valence-corrected chi connectivity index (χ0v) is 16.2. The highest BCUT2D eigenvalue weighted by atomic mass is 35.5. The second-order valence-corrected chi connectivity index (χ2v) is 7.31. The number of aryl methyl sites for hydroxylation is 2. The molecule has 27 heavy (non-hydrogen) atoms. The van der Waals surface area contributed by atoms with E-state index in [-0.39, 0.29) is 11.3 Å². The summed E-state index contributed by atoms with van der Waals surface area (Å²) in [5.74, 6) is -0.419. The molecule has 2 aromatic carbocycles. The molecule has 0 bridgehead atoms. The number of hydrogen-bond donors (Lipinski definition) is 1. The molecule has 1 N–H and O–H groups in total. The van der Waals surface area contributed by atoms with Crippen molar-refractivity contribution >= 4 is 34.6 Å². The number of amides is 1. The van der Waals surface area contributed by atoms with Crippen LogP contribution in [0.15, 0.2) is 30.3 Å². The number of nitro benzene ring substituents is 1. The molecule has 1 heterocycles. The minimum atomic E-state index is -0.426. The molecule has 0 saturated carbocycles.